The minimum absolute atomic E-state index is 0.0382. The molecular weight excluding hydrogens is 416 g/mol. The zero-order valence-electron chi connectivity index (χ0n) is 16.8. The van der Waals surface area contributed by atoms with Gasteiger partial charge in [-0.05, 0) is 35.7 Å². The molecule has 0 aliphatic rings. The van der Waals surface area contributed by atoms with Gasteiger partial charge in [-0.1, -0.05) is 37.6 Å². The predicted molar refractivity (Wildman–Crippen MR) is 123 cm³/mol. The second kappa shape index (κ2) is 8.60. The van der Waals surface area contributed by atoms with Gasteiger partial charge in [-0.15, -0.1) is 11.3 Å². The molecule has 7 heteroatoms. The van der Waals surface area contributed by atoms with Crippen molar-refractivity contribution in [1.29, 1.82) is 0 Å². The molecule has 0 saturated heterocycles. The lowest BCUT2D eigenvalue weighted by Crippen LogP contribution is -2.33. The molecule has 0 aliphatic carbocycles. The van der Waals surface area contributed by atoms with Gasteiger partial charge in [0.15, 0.2) is 0 Å². The number of nitrogens with one attached hydrogen (secondary N) is 2. The van der Waals surface area contributed by atoms with Gasteiger partial charge < -0.3 is 15.4 Å². The number of imidazole rings is 1. The maximum atomic E-state index is 10.1. The van der Waals surface area contributed by atoms with E-state index in [1.807, 2.05) is 18.2 Å². The Morgan fingerprint density at radius 3 is 2.63 bits per heavy atom. The van der Waals surface area contributed by atoms with Gasteiger partial charge in [-0.25, -0.2) is 4.98 Å². The van der Waals surface area contributed by atoms with Crippen LogP contribution in [0.3, 0.4) is 0 Å². The lowest BCUT2D eigenvalue weighted by Gasteiger charge is -2.22. The minimum atomic E-state index is -0.230. The summed E-state index contributed by atoms with van der Waals surface area (Å²) >= 11 is 7.75. The van der Waals surface area contributed by atoms with Crippen molar-refractivity contribution in [3.63, 3.8) is 0 Å². The number of H-pyrrole nitrogens is 1. The molecule has 0 fully saturated rings. The number of aromatic nitrogens is 3. The summed E-state index contributed by atoms with van der Waals surface area (Å²) in [5.74, 6) is 0.911. The first kappa shape index (κ1) is 20.6. The summed E-state index contributed by atoms with van der Waals surface area (Å²) in [6.45, 7) is 5.91. The largest absolute Gasteiger partial charge is 0.506 e. The second-order valence-corrected chi connectivity index (χ2v) is 9.22. The van der Waals surface area contributed by atoms with Crippen LogP contribution in [0.15, 0.2) is 60.2 Å². The molecule has 1 aromatic carbocycles. The molecule has 30 heavy (non-hydrogen) atoms. The first-order valence-electron chi connectivity index (χ1n) is 9.67. The molecule has 3 heterocycles. The van der Waals surface area contributed by atoms with E-state index in [9.17, 15) is 5.11 Å². The molecule has 3 aromatic heterocycles. The van der Waals surface area contributed by atoms with E-state index < -0.39 is 0 Å². The van der Waals surface area contributed by atoms with Crippen LogP contribution >= 0.6 is 22.9 Å². The number of nitrogens with zero attached hydrogens (tertiary/aromatic N) is 2. The average molecular weight is 439 g/mol. The molecule has 0 bridgehead atoms. The molecule has 5 nitrogen and oxygen atoms in total. The maximum Gasteiger partial charge on any atom is 0.134 e. The van der Waals surface area contributed by atoms with Crippen LogP contribution in [0.2, 0.25) is 5.02 Å². The molecular formula is C23H23ClN4OS. The highest BCUT2D eigenvalue weighted by Gasteiger charge is 2.27. The van der Waals surface area contributed by atoms with Crippen molar-refractivity contribution in [2.24, 2.45) is 0 Å². The molecule has 0 amide bonds. The van der Waals surface area contributed by atoms with E-state index in [4.69, 9.17) is 16.6 Å². The van der Waals surface area contributed by atoms with Crippen LogP contribution in [0.4, 0.5) is 0 Å². The molecule has 154 valence electrons. The Morgan fingerprint density at radius 2 is 1.93 bits per heavy atom. The number of hydrogen-bond acceptors (Lipinski definition) is 5. The summed E-state index contributed by atoms with van der Waals surface area (Å²) in [5, 5.41) is 16.0. The second-order valence-electron chi connectivity index (χ2n) is 7.78. The third kappa shape index (κ3) is 4.41. The van der Waals surface area contributed by atoms with Crippen molar-refractivity contribution in [2.45, 2.75) is 25.8 Å². The van der Waals surface area contributed by atoms with Gasteiger partial charge in [0.25, 0.3) is 0 Å². The predicted octanol–water partition coefficient (Wildman–Crippen LogP) is 5.63. The van der Waals surface area contributed by atoms with Crippen molar-refractivity contribution < 1.29 is 5.11 Å². The Bertz CT molecular complexity index is 1120. The topological polar surface area (TPSA) is 73.8 Å². The molecule has 4 rings (SSSR count). The van der Waals surface area contributed by atoms with Crippen LogP contribution in [0.5, 0.6) is 5.75 Å². The van der Waals surface area contributed by atoms with Crippen LogP contribution in [0, 0.1) is 0 Å². The number of aromatic hydroxyl groups is 1. The number of pyridine rings is 1. The lowest BCUT2D eigenvalue weighted by molar-refractivity contribution is 0.449. The van der Waals surface area contributed by atoms with Crippen LogP contribution in [0.1, 0.15) is 24.5 Å². The van der Waals surface area contributed by atoms with Gasteiger partial charge >= 0.3 is 0 Å². The summed E-state index contributed by atoms with van der Waals surface area (Å²) in [7, 11) is 0. The van der Waals surface area contributed by atoms with E-state index in [1.165, 1.54) is 4.88 Å². The molecule has 0 saturated carbocycles. The van der Waals surface area contributed by atoms with Crippen LogP contribution in [-0.4, -0.2) is 26.6 Å². The number of phenols is 1. The van der Waals surface area contributed by atoms with Crippen molar-refractivity contribution in [2.75, 3.05) is 6.54 Å². The number of aromatic amines is 1. The van der Waals surface area contributed by atoms with Crippen molar-refractivity contribution >= 4 is 22.9 Å². The summed E-state index contributed by atoms with van der Waals surface area (Å²) in [5.41, 5.74) is 3.21. The summed E-state index contributed by atoms with van der Waals surface area (Å²) in [6.07, 6.45) is 3.51. The summed E-state index contributed by atoms with van der Waals surface area (Å²) < 4.78 is 0. The quantitative estimate of drug-likeness (QED) is 0.349. The van der Waals surface area contributed by atoms with Gasteiger partial charge in [0.2, 0.25) is 0 Å². The van der Waals surface area contributed by atoms with Gasteiger partial charge in [-0.2, -0.15) is 0 Å². The van der Waals surface area contributed by atoms with E-state index in [1.54, 1.807) is 35.9 Å². The van der Waals surface area contributed by atoms with Crippen molar-refractivity contribution in [3.05, 3.63) is 76.0 Å². The Morgan fingerprint density at radius 1 is 1.13 bits per heavy atom. The third-order valence-corrected chi connectivity index (χ3v) is 6.18. The number of halogens is 1. The molecule has 0 unspecified atom stereocenters. The van der Waals surface area contributed by atoms with Gasteiger partial charge in [0.05, 0.1) is 16.4 Å². The zero-order valence-corrected chi connectivity index (χ0v) is 18.4. The highest BCUT2D eigenvalue weighted by atomic mass is 35.5. The minimum Gasteiger partial charge on any atom is -0.506 e. The first-order chi connectivity index (χ1) is 14.4. The van der Waals surface area contributed by atoms with Gasteiger partial charge in [0.1, 0.15) is 11.6 Å². The Kier molecular flexibility index (Phi) is 5.90. The van der Waals surface area contributed by atoms with E-state index in [0.717, 1.165) is 41.4 Å². The van der Waals surface area contributed by atoms with Crippen LogP contribution in [0.25, 0.3) is 22.5 Å². The van der Waals surface area contributed by atoms with E-state index >= 15 is 0 Å². The molecule has 3 N–H and O–H groups in total. The van der Waals surface area contributed by atoms with Gasteiger partial charge in [0, 0.05) is 46.9 Å². The SMILES string of the molecule is CC(C)(CNCc1cccs1)c1nc(-c2ccc(Cl)c(O)c2)c(-c2ccncc2)[nH]1. The maximum absolute atomic E-state index is 10.1. The van der Waals surface area contributed by atoms with Crippen molar-refractivity contribution in [1.82, 2.24) is 20.3 Å². The average Bonchev–Trinajstić information content (AvgIpc) is 3.41. The molecule has 4 aromatic rings. The van der Waals surface area contributed by atoms with E-state index in [2.05, 4.69) is 46.6 Å². The molecule has 0 spiro atoms. The highest BCUT2D eigenvalue weighted by molar-refractivity contribution is 7.09. The number of phenolic OH excluding ortho intramolecular Hbond substituents is 1. The lowest BCUT2D eigenvalue weighted by atomic mass is 9.92. The van der Waals surface area contributed by atoms with Crippen LogP contribution in [-0.2, 0) is 12.0 Å². The Hall–Kier alpha value is -2.67. The molecule has 0 radical (unpaired) electrons. The first-order valence-corrected chi connectivity index (χ1v) is 10.9. The zero-order chi connectivity index (χ0) is 21.1. The summed E-state index contributed by atoms with van der Waals surface area (Å²) in [4.78, 5) is 13.9. The van der Waals surface area contributed by atoms with Crippen molar-refractivity contribution in [3.8, 4) is 28.3 Å². The highest BCUT2D eigenvalue weighted by Crippen LogP contribution is 2.36. The molecule has 0 atom stereocenters. The monoisotopic (exact) mass is 438 g/mol. The molecule has 0 aliphatic heterocycles. The third-order valence-electron chi connectivity index (χ3n) is 4.98. The van der Waals surface area contributed by atoms with Crippen LogP contribution < -0.4 is 5.32 Å². The fourth-order valence-corrected chi connectivity index (χ4v) is 4.08. The van der Waals surface area contributed by atoms with E-state index in [0.29, 0.717) is 5.02 Å². The number of benzene rings is 1. The Balaban J connectivity index is 1.68. The summed E-state index contributed by atoms with van der Waals surface area (Å²) in [6, 6.07) is 13.3. The van der Waals surface area contributed by atoms with Gasteiger partial charge in [-0.3, -0.25) is 4.98 Å². The standard InChI is InChI=1S/C23H23ClN4OS/c1-23(2,14-26-13-17-4-3-11-30-17)22-27-20(15-7-9-25-10-8-15)21(28-22)16-5-6-18(24)19(29)12-16/h3-12,26,29H,13-14H2,1-2H3,(H,27,28). The Labute approximate surface area is 184 Å². The number of rotatable bonds is 7. The smallest absolute Gasteiger partial charge is 0.134 e. The number of thiophene rings is 1. The number of hydrogen-bond donors (Lipinski definition) is 3. The van der Waals surface area contributed by atoms with E-state index in [-0.39, 0.29) is 11.2 Å². The normalized spacial score (nSPS) is 11.7. The fourth-order valence-electron chi connectivity index (χ4n) is 3.29. The fraction of sp³-hybridized carbons (Fsp3) is 0.217.